The minimum absolute atomic E-state index is 0.315. The lowest BCUT2D eigenvalue weighted by Gasteiger charge is -2.18. The zero-order valence-corrected chi connectivity index (χ0v) is 12.9. The molecule has 3 heterocycles. The lowest BCUT2D eigenvalue weighted by molar-refractivity contribution is 0.870. The van der Waals surface area contributed by atoms with Gasteiger partial charge in [-0.3, -0.25) is 4.98 Å². The van der Waals surface area contributed by atoms with Gasteiger partial charge in [-0.2, -0.15) is 4.98 Å². The van der Waals surface area contributed by atoms with Crippen molar-refractivity contribution in [2.45, 2.75) is 19.9 Å². The number of nitrogen functional groups attached to an aromatic ring is 1. The Kier molecular flexibility index (Phi) is 3.70. The Bertz CT molecular complexity index is 753. The molecule has 0 atom stereocenters. The standard InChI is InChI=1S/C15H17N5S/c1-3-11-8-12-13(18-15(16)19-14(12)21-11)20(2)9-10-6-4-5-7-17-10/h4-8H,3,9H2,1-2H3,(H2,16,18,19). The molecule has 21 heavy (non-hydrogen) atoms. The van der Waals surface area contributed by atoms with Crippen molar-refractivity contribution < 1.29 is 0 Å². The van der Waals surface area contributed by atoms with Gasteiger partial charge in [-0.1, -0.05) is 13.0 Å². The first kappa shape index (κ1) is 13.8. The monoisotopic (exact) mass is 299 g/mol. The highest BCUT2D eigenvalue weighted by Gasteiger charge is 2.14. The maximum Gasteiger partial charge on any atom is 0.223 e. The van der Waals surface area contributed by atoms with Gasteiger partial charge in [0, 0.05) is 18.1 Å². The van der Waals surface area contributed by atoms with Crippen LogP contribution in [0.1, 0.15) is 17.5 Å². The normalized spacial score (nSPS) is 11.0. The summed E-state index contributed by atoms with van der Waals surface area (Å²) in [5.41, 5.74) is 6.85. The van der Waals surface area contributed by atoms with Crippen molar-refractivity contribution in [3.05, 3.63) is 41.0 Å². The summed E-state index contributed by atoms with van der Waals surface area (Å²) in [6.45, 7) is 2.82. The Balaban J connectivity index is 2.00. The van der Waals surface area contributed by atoms with Crippen LogP contribution in [0.3, 0.4) is 0 Å². The van der Waals surface area contributed by atoms with E-state index in [-0.39, 0.29) is 0 Å². The molecule has 6 heteroatoms. The van der Waals surface area contributed by atoms with Gasteiger partial charge in [0.05, 0.1) is 17.6 Å². The number of fused-ring (bicyclic) bond motifs is 1. The van der Waals surface area contributed by atoms with Gasteiger partial charge in [0.2, 0.25) is 5.95 Å². The first-order valence-electron chi connectivity index (χ1n) is 6.84. The van der Waals surface area contributed by atoms with Gasteiger partial charge >= 0.3 is 0 Å². The summed E-state index contributed by atoms with van der Waals surface area (Å²) >= 11 is 1.68. The van der Waals surface area contributed by atoms with E-state index in [0.29, 0.717) is 12.5 Å². The Labute approximate surface area is 127 Å². The SMILES string of the molecule is CCc1cc2c(N(C)Cc3ccccn3)nc(N)nc2s1. The molecule has 0 aromatic carbocycles. The second-order valence-corrected chi connectivity index (χ2v) is 5.98. The number of pyridine rings is 1. The van der Waals surface area contributed by atoms with Crippen LogP contribution >= 0.6 is 11.3 Å². The summed E-state index contributed by atoms with van der Waals surface area (Å²) in [4.78, 5) is 17.4. The number of hydrogen-bond donors (Lipinski definition) is 1. The highest BCUT2D eigenvalue weighted by molar-refractivity contribution is 7.18. The summed E-state index contributed by atoms with van der Waals surface area (Å²) in [5, 5.41) is 1.06. The molecule has 0 aliphatic rings. The second-order valence-electron chi connectivity index (χ2n) is 4.87. The summed E-state index contributed by atoms with van der Waals surface area (Å²) in [6.07, 6.45) is 2.79. The number of aromatic nitrogens is 3. The van der Waals surface area contributed by atoms with E-state index in [1.807, 2.05) is 25.2 Å². The van der Waals surface area contributed by atoms with Crippen molar-refractivity contribution in [3.63, 3.8) is 0 Å². The summed E-state index contributed by atoms with van der Waals surface area (Å²) < 4.78 is 0. The molecule has 0 aliphatic carbocycles. The second kappa shape index (κ2) is 5.65. The van der Waals surface area contributed by atoms with E-state index < -0.39 is 0 Å². The molecule has 108 valence electrons. The zero-order valence-electron chi connectivity index (χ0n) is 12.1. The fraction of sp³-hybridized carbons (Fsp3) is 0.267. The molecule has 3 rings (SSSR count). The number of anilines is 2. The Morgan fingerprint density at radius 2 is 2.14 bits per heavy atom. The van der Waals surface area contributed by atoms with Crippen molar-refractivity contribution in [2.75, 3.05) is 17.7 Å². The molecule has 0 aliphatic heterocycles. The molecule has 5 nitrogen and oxygen atoms in total. The molecule has 0 saturated heterocycles. The van der Waals surface area contributed by atoms with Gasteiger partial charge in [-0.15, -0.1) is 11.3 Å². The van der Waals surface area contributed by atoms with Gasteiger partial charge in [0.25, 0.3) is 0 Å². The number of thiophene rings is 1. The molecule has 0 unspecified atom stereocenters. The number of aryl methyl sites for hydroxylation is 1. The van der Waals surface area contributed by atoms with E-state index in [0.717, 1.165) is 28.1 Å². The lowest BCUT2D eigenvalue weighted by atomic mass is 10.3. The third kappa shape index (κ3) is 2.80. The number of rotatable bonds is 4. The molecular formula is C15H17N5S. The largest absolute Gasteiger partial charge is 0.368 e. The summed E-state index contributed by atoms with van der Waals surface area (Å²) in [7, 11) is 2.00. The minimum Gasteiger partial charge on any atom is -0.368 e. The average Bonchev–Trinajstić information content (AvgIpc) is 2.90. The van der Waals surface area contributed by atoms with Crippen molar-refractivity contribution >= 4 is 33.3 Å². The molecule has 3 aromatic rings. The van der Waals surface area contributed by atoms with Crippen molar-refractivity contribution in [1.82, 2.24) is 15.0 Å². The van der Waals surface area contributed by atoms with E-state index >= 15 is 0 Å². The van der Waals surface area contributed by atoms with Gasteiger partial charge in [0.1, 0.15) is 10.6 Å². The summed E-state index contributed by atoms with van der Waals surface area (Å²) in [6, 6.07) is 8.06. The number of nitrogens with zero attached hydrogens (tertiary/aromatic N) is 4. The van der Waals surface area contributed by atoms with E-state index in [9.17, 15) is 0 Å². The van der Waals surface area contributed by atoms with Crippen LogP contribution in [0.5, 0.6) is 0 Å². The molecule has 0 spiro atoms. The molecule has 2 N–H and O–H groups in total. The third-order valence-electron chi connectivity index (χ3n) is 3.28. The zero-order chi connectivity index (χ0) is 14.8. The molecular weight excluding hydrogens is 282 g/mol. The lowest BCUT2D eigenvalue weighted by Crippen LogP contribution is -2.19. The fourth-order valence-corrected chi connectivity index (χ4v) is 3.22. The maximum atomic E-state index is 5.85. The van der Waals surface area contributed by atoms with E-state index in [1.165, 1.54) is 4.88 Å². The van der Waals surface area contributed by atoms with Gasteiger partial charge < -0.3 is 10.6 Å². The summed E-state index contributed by atoms with van der Waals surface area (Å²) in [5.74, 6) is 1.17. The molecule has 0 amide bonds. The van der Waals surface area contributed by atoms with Crippen LogP contribution in [-0.4, -0.2) is 22.0 Å². The molecule has 0 radical (unpaired) electrons. The molecule has 0 bridgehead atoms. The van der Waals surface area contributed by atoms with Crippen LogP contribution < -0.4 is 10.6 Å². The van der Waals surface area contributed by atoms with Crippen LogP contribution in [0, 0.1) is 0 Å². The minimum atomic E-state index is 0.315. The van der Waals surface area contributed by atoms with Crippen LogP contribution in [0.25, 0.3) is 10.2 Å². The first-order chi connectivity index (χ1) is 10.2. The van der Waals surface area contributed by atoms with E-state index in [1.54, 1.807) is 17.5 Å². The maximum absolute atomic E-state index is 5.85. The topological polar surface area (TPSA) is 67.9 Å². The quantitative estimate of drug-likeness (QED) is 0.802. The van der Waals surface area contributed by atoms with Gasteiger partial charge in [-0.05, 0) is 24.6 Å². The average molecular weight is 299 g/mol. The fourth-order valence-electron chi connectivity index (χ4n) is 2.25. The molecule has 0 saturated carbocycles. The first-order valence-corrected chi connectivity index (χ1v) is 7.66. The van der Waals surface area contributed by atoms with E-state index in [2.05, 4.69) is 32.8 Å². The molecule has 3 aromatic heterocycles. The number of nitrogens with two attached hydrogens (primary N) is 1. The van der Waals surface area contributed by atoms with Gasteiger partial charge in [0.15, 0.2) is 0 Å². The van der Waals surface area contributed by atoms with Crippen LogP contribution in [0.15, 0.2) is 30.5 Å². The highest BCUT2D eigenvalue weighted by Crippen LogP contribution is 2.31. The Morgan fingerprint density at radius 3 is 2.86 bits per heavy atom. The predicted octanol–water partition coefficient (Wildman–Crippen LogP) is 2.87. The Morgan fingerprint density at radius 1 is 1.29 bits per heavy atom. The van der Waals surface area contributed by atoms with E-state index in [4.69, 9.17) is 5.73 Å². The van der Waals surface area contributed by atoms with Crippen LogP contribution in [0.4, 0.5) is 11.8 Å². The van der Waals surface area contributed by atoms with Crippen LogP contribution in [-0.2, 0) is 13.0 Å². The van der Waals surface area contributed by atoms with Crippen molar-refractivity contribution in [1.29, 1.82) is 0 Å². The third-order valence-corrected chi connectivity index (χ3v) is 4.45. The van der Waals surface area contributed by atoms with Crippen LogP contribution in [0.2, 0.25) is 0 Å². The molecule has 0 fully saturated rings. The smallest absolute Gasteiger partial charge is 0.223 e. The van der Waals surface area contributed by atoms with Crippen molar-refractivity contribution in [2.24, 2.45) is 0 Å². The number of hydrogen-bond acceptors (Lipinski definition) is 6. The predicted molar refractivity (Wildman–Crippen MR) is 87.5 cm³/mol. The highest BCUT2D eigenvalue weighted by atomic mass is 32.1. The van der Waals surface area contributed by atoms with Gasteiger partial charge in [-0.25, -0.2) is 4.98 Å². The van der Waals surface area contributed by atoms with Crippen molar-refractivity contribution in [3.8, 4) is 0 Å². The Hall–Kier alpha value is -2.21.